The van der Waals surface area contributed by atoms with Gasteiger partial charge in [0.2, 0.25) is 5.13 Å². The van der Waals surface area contributed by atoms with E-state index in [2.05, 4.69) is 20.6 Å². The zero-order valence-corrected chi connectivity index (χ0v) is 19.9. The van der Waals surface area contributed by atoms with Gasteiger partial charge in [-0.05, 0) is 31.9 Å². The molecule has 0 radical (unpaired) electrons. The number of hydrogen-bond donors (Lipinski definition) is 1. The molecule has 170 valence electrons. The van der Waals surface area contributed by atoms with Gasteiger partial charge in [0.15, 0.2) is 5.82 Å². The highest BCUT2D eigenvalue weighted by Crippen LogP contribution is 2.35. The van der Waals surface area contributed by atoms with Crippen LogP contribution in [0.15, 0.2) is 35.4 Å². The number of rotatable bonds is 6. The quantitative estimate of drug-likeness (QED) is 0.583. The summed E-state index contributed by atoms with van der Waals surface area (Å²) in [6, 6.07) is 6.56. The normalized spacial score (nSPS) is 15.0. The molecule has 0 unspecified atom stereocenters. The Morgan fingerprint density at radius 1 is 1.16 bits per heavy atom. The van der Waals surface area contributed by atoms with Crippen LogP contribution in [0.1, 0.15) is 59.0 Å². The van der Waals surface area contributed by atoms with Crippen molar-refractivity contribution in [3.63, 3.8) is 0 Å². The Balaban J connectivity index is 1.56. The smallest absolute Gasteiger partial charge is 0.265 e. The summed E-state index contributed by atoms with van der Waals surface area (Å²) in [6.45, 7) is 1.89. The van der Waals surface area contributed by atoms with Crippen molar-refractivity contribution in [1.82, 2.24) is 20.0 Å². The number of aromatic nitrogens is 4. The van der Waals surface area contributed by atoms with Crippen LogP contribution in [-0.4, -0.2) is 41.4 Å². The van der Waals surface area contributed by atoms with E-state index in [0.29, 0.717) is 11.0 Å². The Hall–Kier alpha value is -2.79. The Morgan fingerprint density at radius 2 is 1.84 bits per heavy atom. The van der Waals surface area contributed by atoms with Crippen molar-refractivity contribution in [2.75, 3.05) is 16.7 Å². The Morgan fingerprint density at radius 3 is 2.53 bits per heavy atom. The second-order valence-electron chi connectivity index (χ2n) is 8.03. The molecule has 1 fully saturated rings. The maximum Gasteiger partial charge on any atom is 0.265 e. The second kappa shape index (κ2) is 8.99. The third-order valence-electron chi connectivity index (χ3n) is 5.75. The van der Waals surface area contributed by atoms with Crippen LogP contribution in [0.2, 0.25) is 0 Å². The third kappa shape index (κ3) is 4.40. The fraction of sp³-hybridized carbons (Fsp3) is 0.429. The zero-order chi connectivity index (χ0) is 22.9. The molecule has 9 nitrogen and oxygen atoms in total. The van der Waals surface area contributed by atoms with Gasteiger partial charge in [-0.1, -0.05) is 48.3 Å². The first-order valence-corrected chi connectivity index (χ1v) is 12.8. The molecule has 1 aliphatic carbocycles. The van der Waals surface area contributed by atoms with Crippen LogP contribution in [0.25, 0.3) is 0 Å². The molecular formula is C21H26N6O3S2. The Bertz CT molecular complexity index is 1210. The molecule has 0 saturated heterocycles. The van der Waals surface area contributed by atoms with Crippen molar-refractivity contribution in [3.8, 4) is 0 Å². The van der Waals surface area contributed by atoms with Crippen LogP contribution >= 0.6 is 11.3 Å². The fourth-order valence-electron chi connectivity index (χ4n) is 3.91. The lowest BCUT2D eigenvalue weighted by atomic mass is 9.90. The number of nitrogens with one attached hydrogen (secondary N) is 1. The fourth-order valence-corrected chi connectivity index (χ4v) is 6.06. The summed E-state index contributed by atoms with van der Waals surface area (Å²) in [5.41, 5.74) is 1.09. The van der Waals surface area contributed by atoms with Crippen LogP contribution in [0.3, 0.4) is 0 Å². The minimum atomic E-state index is -3.87. The molecule has 1 aliphatic rings. The monoisotopic (exact) mass is 474 g/mol. The van der Waals surface area contributed by atoms with Gasteiger partial charge in [0.1, 0.15) is 10.6 Å². The number of anilines is 2. The predicted molar refractivity (Wildman–Crippen MR) is 124 cm³/mol. The number of aryl methyl sites for hydroxylation is 2. The lowest BCUT2D eigenvalue weighted by Gasteiger charge is -2.20. The highest BCUT2D eigenvalue weighted by molar-refractivity contribution is 7.92. The molecule has 1 amide bonds. The van der Waals surface area contributed by atoms with E-state index in [-0.39, 0.29) is 16.3 Å². The number of carbonyl (C=O) groups is 1. The summed E-state index contributed by atoms with van der Waals surface area (Å²) in [5.74, 6) is 0.0807. The molecule has 0 bridgehead atoms. The number of sulfonamides is 1. The van der Waals surface area contributed by atoms with Gasteiger partial charge in [-0.2, -0.15) is 5.10 Å². The number of hydrogen-bond acceptors (Lipinski definition) is 7. The molecule has 1 aromatic carbocycles. The number of carbonyl (C=O) groups excluding carboxylic acids is 1. The third-order valence-corrected chi connectivity index (χ3v) is 8.51. The average molecular weight is 475 g/mol. The molecule has 32 heavy (non-hydrogen) atoms. The number of amides is 1. The van der Waals surface area contributed by atoms with Crippen molar-refractivity contribution in [3.05, 3.63) is 46.6 Å². The molecule has 0 atom stereocenters. The molecule has 4 rings (SSSR count). The van der Waals surface area contributed by atoms with Crippen LogP contribution in [-0.2, 0) is 17.1 Å². The summed E-state index contributed by atoms with van der Waals surface area (Å²) in [4.78, 5) is 13.1. The molecule has 0 spiro atoms. The van der Waals surface area contributed by atoms with E-state index >= 15 is 0 Å². The highest BCUT2D eigenvalue weighted by atomic mass is 32.2. The molecule has 1 N–H and O–H groups in total. The zero-order valence-electron chi connectivity index (χ0n) is 18.3. The topological polar surface area (TPSA) is 110 Å². The summed E-state index contributed by atoms with van der Waals surface area (Å²) < 4.78 is 28.7. The van der Waals surface area contributed by atoms with E-state index in [4.69, 9.17) is 0 Å². The number of benzene rings is 1. The van der Waals surface area contributed by atoms with Crippen molar-refractivity contribution < 1.29 is 13.2 Å². The van der Waals surface area contributed by atoms with Crippen LogP contribution < -0.4 is 9.62 Å². The first-order chi connectivity index (χ1) is 15.3. The Kier molecular flexibility index (Phi) is 6.29. The van der Waals surface area contributed by atoms with Gasteiger partial charge in [-0.25, -0.2) is 8.42 Å². The molecule has 11 heteroatoms. The van der Waals surface area contributed by atoms with Gasteiger partial charge in [-0.3, -0.25) is 19.1 Å². The van der Waals surface area contributed by atoms with E-state index in [1.54, 1.807) is 31.3 Å². The average Bonchev–Trinajstić information content (AvgIpc) is 3.40. The highest BCUT2D eigenvalue weighted by Gasteiger charge is 2.29. The standard InChI is InChI=1S/C21H26N6O3S2/c1-14-9-11-16(12-10-14)32(29,30)27(3)20-17(13-22-26(20)2)18(28)23-21-25-24-19(31-21)15-7-5-4-6-8-15/h9-13,15H,4-8H2,1-3H3,(H,23,25,28). The van der Waals surface area contributed by atoms with Gasteiger partial charge in [0, 0.05) is 20.0 Å². The maximum atomic E-state index is 13.1. The lowest BCUT2D eigenvalue weighted by Crippen LogP contribution is -2.30. The molecule has 2 aromatic heterocycles. The first kappa shape index (κ1) is 22.4. The van der Waals surface area contributed by atoms with Gasteiger partial charge in [-0.15, -0.1) is 10.2 Å². The van der Waals surface area contributed by atoms with E-state index in [0.717, 1.165) is 27.7 Å². The van der Waals surface area contributed by atoms with E-state index in [1.165, 1.54) is 48.5 Å². The molecule has 0 aliphatic heterocycles. The number of nitrogens with zero attached hydrogens (tertiary/aromatic N) is 5. The maximum absolute atomic E-state index is 13.1. The van der Waals surface area contributed by atoms with Crippen LogP contribution in [0.4, 0.5) is 10.9 Å². The van der Waals surface area contributed by atoms with Crippen molar-refractivity contribution >= 4 is 38.2 Å². The minimum absolute atomic E-state index is 0.138. The largest absolute Gasteiger partial charge is 0.296 e. The molecule has 3 aromatic rings. The van der Waals surface area contributed by atoms with Gasteiger partial charge in [0.25, 0.3) is 15.9 Å². The van der Waals surface area contributed by atoms with Crippen LogP contribution in [0, 0.1) is 6.92 Å². The minimum Gasteiger partial charge on any atom is -0.296 e. The van der Waals surface area contributed by atoms with Gasteiger partial charge in [0.05, 0.1) is 11.1 Å². The van der Waals surface area contributed by atoms with Crippen molar-refractivity contribution in [1.29, 1.82) is 0 Å². The van der Waals surface area contributed by atoms with E-state index in [1.807, 2.05) is 6.92 Å². The summed E-state index contributed by atoms with van der Waals surface area (Å²) in [5, 5.41) is 16.6. The van der Waals surface area contributed by atoms with Gasteiger partial charge < -0.3 is 0 Å². The summed E-state index contributed by atoms with van der Waals surface area (Å²) in [7, 11) is -0.865. The molecule has 2 heterocycles. The van der Waals surface area contributed by atoms with Gasteiger partial charge >= 0.3 is 0 Å². The summed E-state index contributed by atoms with van der Waals surface area (Å²) >= 11 is 1.37. The lowest BCUT2D eigenvalue weighted by molar-refractivity contribution is 0.102. The SMILES string of the molecule is Cc1ccc(S(=O)(=O)N(C)c2c(C(=O)Nc3nnc(C4CCCCC4)s3)cnn2C)cc1. The predicted octanol–water partition coefficient (Wildman–Crippen LogP) is 3.71. The molecule has 1 saturated carbocycles. The first-order valence-electron chi connectivity index (χ1n) is 10.5. The second-order valence-corrected chi connectivity index (χ2v) is 11.0. The van der Waals surface area contributed by atoms with Crippen LogP contribution in [0.5, 0.6) is 0 Å². The Labute approximate surface area is 191 Å². The van der Waals surface area contributed by atoms with Crippen molar-refractivity contribution in [2.24, 2.45) is 7.05 Å². The molecular weight excluding hydrogens is 448 g/mol. The van der Waals surface area contributed by atoms with E-state index in [9.17, 15) is 13.2 Å². The van der Waals surface area contributed by atoms with E-state index < -0.39 is 15.9 Å². The van der Waals surface area contributed by atoms with Crippen molar-refractivity contribution in [2.45, 2.75) is 49.8 Å². The summed E-state index contributed by atoms with van der Waals surface area (Å²) in [6.07, 6.45) is 7.17.